The topological polar surface area (TPSA) is 116 Å². The van der Waals surface area contributed by atoms with Crippen LogP contribution in [-0.2, 0) is 23.3 Å². The first-order valence-corrected chi connectivity index (χ1v) is 9.58. The molecule has 0 aliphatic carbocycles. The van der Waals surface area contributed by atoms with Crippen molar-refractivity contribution in [3.8, 4) is 5.75 Å². The molecule has 1 aromatic heterocycles. The van der Waals surface area contributed by atoms with Crippen molar-refractivity contribution in [2.75, 3.05) is 0 Å². The Morgan fingerprint density at radius 3 is 2.44 bits per heavy atom. The Balaban J connectivity index is 1.53. The van der Waals surface area contributed by atoms with Gasteiger partial charge in [0.05, 0.1) is 4.90 Å². The summed E-state index contributed by atoms with van der Waals surface area (Å²) >= 11 is 0. The van der Waals surface area contributed by atoms with E-state index in [-0.39, 0.29) is 29.8 Å². The van der Waals surface area contributed by atoms with Gasteiger partial charge in [-0.05, 0) is 35.9 Å². The zero-order chi connectivity index (χ0) is 19.3. The predicted octanol–water partition coefficient (Wildman–Crippen LogP) is 1.50. The third kappa shape index (κ3) is 5.16. The van der Waals surface area contributed by atoms with Crippen molar-refractivity contribution in [2.45, 2.75) is 18.2 Å². The minimum absolute atomic E-state index is 0.0229. The molecular weight excluding hydrogens is 368 g/mol. The molecule has 27 heavy (non-hydrogen) atoms. The van der Waals surface area contributed by atoms with E-state index in [0.29, 0.717) is 5.75 Å². The Hall–Kier alpha value is -3.17. The molecule has 0 fully saturated rings. The van der Waals surface area contributed by atoms with Crippen LogP contribution in [0.15, 0.2) is 71.8 Å². The van der Waals surface area contributed by atoms with Crippen LogP contribution in [0, 0.1) is 0 Å². The highest BCUT2D eigenvalue weighted by atomic mass is 32.2. The lowest BCUT2D eigenvalue weighted by Crippen LogP contribution is -2.23. The van der Waals surface area contributed by atoms with Crippen LogP contribution >= 0.6 is 0 Å². The molecular formula is C18H18N4O4S. The molecule has 140 valence electrons. The molecule has 3 rings (SSSR count). The van der Waals surface area contributed by atoms with Crippen molar-refractivity contribution in [3.63, 3.8) is 0 Å². The Morgan fingerprint density at radius 2 is 1.78 bits per heavy atom. The lowest BCUT2D eigenvalue weighted by atomic mass is 10.2. The molecule has 0 aliphatic heterocycles. The summed E-state index contributed by atoms with van der Waals surface area (Å²) in [6, 6.07) is 16.9. The van der Waals surface area contributed by atoms with Gasteiger partial charge in [-0.2, -0.15) is 5.10 Å². The van der Waals surface area contributed by atoms with Crippen LogP contribution in [0.2, 0.25) is 0 Å². The molecule has 9 heteroatoms. The Labute approximate surface area is 156 Å². The number of amides is 1. The zero-order valence-electron chi connectivity index (χ0n) is 14.3. The molecule has 0 radical (unpaired) electrons. The van der Waals surface area contributed by atoms with Gasteiger partial charge in [0, 0.05) is 12.7 Å². The van der Waals surface area contributed by atoms with Crippen molar-refractivity contribution < 1.29 is 17.9 Å². The second-order valence-corrected chi connectivity index (χ2v) is 7.26. The normalized spacial score (nSPS) is 11.1. The number of nitrogens with two attached hydrogens (primary N) is 1. The van der Waals surface area contributed by atoms with Gasteiger partial charge in [0.1, 0.15) is 11.4 Å². The summed E-state index contributed by atoms with van der Waals surface area (Å²) in [7, 11) is -3.73. The van der Waals surface area contributed by atoms with Crippen molar-refractivity contribution in [3.05, 3.63) is 78.1 Å². The van der Waals surface area contributed by atoms with Crippen molar-refractivity contribution in [1.29, 1.82) is 0 Å². The molecule has 3 N–H and O–H groups in total. The van der Waals surface area contributed by atoms with Crippen LogP contribution in [0.3, 0.4) is 0 Å². The van der Waals surface area contributed by atoms with Gasteiger partial charge < -0.3 is 10.1 Å². The van der Waals surface area contributed by atoms with Gasteiger partial charge in [-0.3, -0.25) is 4.79 Å². The molecule has 1 amide bonds. The van der Waals surface area contributed by atoms with Crippen molar-refractivity contribution in [1.82, 2.24) is 15.1 Å². The van der Waals surface area contributed by atoms with E-state index >= 15 is 0 Å². The van der Waals surface area contributed by atoms with Crippen LogP contribution in [-0.4, -0.2) is 24.1 Å². The number of para-hydroxylation sites is 1. The smallest absolute Gasteiger partial charge is 0.272 e. The first-order valence-electron chi connectivity index (χ1n) is 8.03. The van der Waals surface area contributed by atoms with Gasteiger partial charge in [0.2, 0.25) is 10.0 Å². The number of benzene rings is 2. The molecule has 2 aromatic carbocycles. The highest BCUT2D eigenvalue weighted by Crippen LogP contribution is 2.10. The number of nitrogens with one attached hydrogen (secondary N) is 1. The standard InChI is InChI=1S/C18H18N4O4S/c19-27(24,25)16-8-6-14(7-9-16)12-20-18(23)17-10-11-22(21-17)13-26-15-4-2-1-3-5-15/h1-11H,12-13H2,(H,20,23)(H2,19,24,25). The van der Waals surface area contributed by atoms with Crippen LogP contribution in [0.5, 0.6) is 5.75 Å². The maximum atomic E-state index is 12.2. The summed E-state index contributed by atoms with van der Waals surface area (Å²) in [5, 5.41) is 11.9. The minimum Gasteiger partial charge on any atom is -0.471 e. The molecule has 0 saturated heterocycles. The van der Waals surface area contributed by atoms with Crippen LogP contribution in [0.25, 0.3) is 0 Å². The number of ether oxygens (including phenoxy) is 1. The molecule has 0 bridgehead atoms. The van der Waals surface area contributed by atoms with Crippen LogP contribution in [0.4, 0.5) is 0 Å². The first kappa shape index (κ1) is 18.6. The number of nitrogens with zero attached hydrogens (tertiary/aromatic N) is 2. The summed E-state index contributed by atoms with van der Waals surface area (Å²) in [6.45, 7) is 0.420. The minimum atomic E-state index is -3.73. The Kier molecular flexibility index (Phi) is 5.53. The third-order valence-corrected chi connectivity index (χ3v) is 4.61. The highest BCUT2D eigenvalue weighted by molar-refractivity contribution is 7.89. The average Bonchev–Trinajstić information content (AvgIpc) is 3.14. The van der Waals surface area contributed by atoms with Crippen molar-refractivity contribution >= 4 is 15.9 Å². The second kappa shape index (κ2) is 8.02. The number of carbonyl (C=O) groups excluding carboxylic acids is 1. The van der Waals surface area contributed by atoms with Crippen molar-refractivity contribution in [2.24, 2.45) is 5.14 Å². The Bertz CT molecular complexity index is 1020. The number of hydrogen-bond acceptors (Lipinski definition) is 5. The zero-order valence-corrected chi connectivity index (χ0v) is 15.1. The van der Waals surface area contributed by atoms with Gasteiger partial charge in [0.15, 0.2) is 6.73 Å². The summed E-state index contributed by atoms with van der Waals surface area (Å²) < 4.78 is 29.5. The van der Waals surface area contributed by atoms with Gasteiger partial charge in [-0.25, -0.2) is 18.2 Å². The Morgan fingerprint density at radius 1 is 1.07 bits per heavy atom. The fourth-order valence-corrected chi connectivity index (χ4v) is 2.80. The van der Waals surface area contributed by atoms with Gasteiger partial charge in [-0.1, -0.05) is 30.3 Å². The number of carbonyl (C=O) groups is 1. The molecule has 0 atom stereocenters. The second-order valence-electron chi connectivity index (χ2n) is 5.70. The predicted molar refractivity (Wildman–Crippen MR) is 98.3 cm³/mol. The summed E-state index contributed by atoms with van der Waals surface area (Å²) in [6.07, 6.45) is 1.65. The molecule has 0 unspecified atom stereocenters. The maximum Gasteiger partial charge on any atom is 0.272 e. The number of sulfonamides is 1. The van der Waals surface area contributed by atoms with E-state index < -0.39 is 10.0 Å². The highest BCUT2D eigenvalue weighted by Gasteiger charge is 2.10. The largest absolute Gasteiger partial charge is 0.471 e. The molecule has 0 spiro atoms. The van der Waals surface area contributed by atoms with Gasteiger partial charge in [-0.15, -0.1) is 0 Å². The van der Waals surface area contributed by atoms with E-state index in [1.807, 2.05) is 30.3 Å². The number of hydrogen-bond donors (Lipinski definition) is 2. The average molecular weight is 386 g/mol. The lowest BCUT2D eigenvalue weighted by molar-refractivity contribution is 0.0944. The SMILES string of the molecule is NS(=O)(=O)c1ccc(CNC(=O)c2ccn(COc3ccccc3)n2)cc1. The first-order chi connectivity index (χ1) is 12.9. The van der Waals surface area contributed by atoms with E-state index in [4.69, 9.17) is 9.88 Å². The van der Waals surface area contributed by atoms with Crippen LogP contribution in [0.1, 0.15) is 16.1 Å². The summed E-state index contributed by atoms with van der Waals surface area (Å²) in [4.78, 5) is 12.2. The lowest BCUT2D eigenvalue weighted by Gasteiger charge is -2.06. The van der Waals surface area contributed by atoms with Gasteiger partial charge in [0.25, 0.3) is 5.91 Å². The maximum absolute atomic E-state index is 12.2. The van der Waals surface area contributed by atoms with E-state index in [2.05, 4.69) is 10.4 Å². The molecule has 8 nitrogen and oxygen atoms in total. The monoisotopic (exact) mass is 386 g/mol. The third-order valence-electron chi connectivity index (χ3n) is 3.68. The number of aromatic nitrogens is 2. The quantitative estimate of drug-likeness (QED) is 0.638. The van der Waals surface area contributed by atoms with E-state index in [0.717, 1.165) is 5.56 Å². The van der Waals surface area contributed by atoms with E-state index in [1.54, 1.807) is 24.4 Å². The summed E-state index contributed by atoms with van der Waals surface area (Å²) in [5.41, 5.74) is 0.996. The molecule has 3 aromatic rings. The fourth-order valence-electron chi connectivity index (χ4n) is 2.28. The van der Waals surface area contributed by atoms with E-state index in [1.165, 1.54) is 16.8 Å². The molecule has 0 saturated carbocycles. The van der Waals surface area contributed by atoms with E-state index in [9.17, 15) is 13.2 Å². The molecule has 0 aliphatic rings. The number of rotatable bonds is 7. The van der Waals surface area contributed by atoms with Crippen LogP contribution < -0.4 is 15.2 Å². The van der Waals surface area contributed by atoms with Gasteiger partial charge >= 0.3 is 0 Å². The summed E-state index contributed by atoms with van der Waals surface area (Å²) in [5.74, 6) is 0.367. The fraction of sp³-hybridized carbons (Fsp3) is 0.111. The molecule has 1 heterocycles. The number of primary sulfonamides is 1.